The second kappa shape index (κ2) is 14.0. The fourth-order valence-corrected chi connectivity index (χ4v) is 1.61. The van der Waals surface area contributed by atoms with Gasteiger partial charge in [-0.2, -0.15) is 0 Å². The first-order valence-electron chi connectivity index (χ1n) is 7.06. The number of benzene rings is 1. The minimum atomic E-state index is -0.291. The van der Waals surface area contributed by atoms with Gasteiger partial charge in [-0.05, 0) is 25.0 Å². The van der Waals surface area contributed by atoms with Crippen molar-refractivity contribution >= 4 is 5.97 Å². The Morgan fingerprint density at radius 2 is 1.60 bits per heavy atom. The maximum absolute atomic E-state index is 11.5. The molecule has 4 heteroatoms. The molecule has 0 unspecified atom stereocenters. The number of carbonyl (C=O) groups is 1. The maximum Gasteiger partial charge on any atom is 0.337 e. The van der Waals surface area contributed by atoms with Gasteiger partial charge in [0.15, 0.2) is 0 Å². The van der Waals surface area contributed by atoms with E-state index in [2.05, 4.69) is 4.74 Å². The summed E-state index contributed by atoms with van der Waals surface area (Å²) in [4.78, 5) is 10.8. The summed E-state index contributed by atoms with van der Waals surface area (Å²) < 4.78 is 16.0. The lowest BCUT2D eigenvalue weighted by Crippen LogP contribution is -1.99. The molecule has 0 fully saturated rings. The van der Waals surface area contributed by atoms with Crippen LogP contribution in [0.2, 0.25) is 0 Å². The average molecular weight is 284 g/mol. The number of rotatable bonds is 8. The minimum absolute atomic E-state index is 0.181. The lowest BCUT2D eigenvalue weighted by Gasteiger charge is -1.96. The Balaban J connectivity index is 0.000000361. The highest BCUT2D eigenvalue weighted by molar-refractivity contribution is 5.89. The molecule has 0 heterocycles. The first kappa shape index (κ1) is 18.6. The summed E-state index contributed by atoms with van der Waals surface area (Å²) in [5.41, 5.74) is 0.588. The van der Waals surface area contributed by atoms with Crippen LogP contribution in [-0.4, -0.2) is 31.5 Å². The molecule has 1 N–H and O–H groups in total. The number of hydrogen-bond donors (Lipinski definition) is 1. The molecule has 0 radical (unpaired) electrons. The molecular weight excluding hydrogens is 259 g/mol. The summed E-state index contributed by atoms with van der Waals surface area (Å²) in [5.74, 6) is -0.291. The molecule has 114 valence electrons. The van der Waals surface area contributed by atoms with E-state index in [1.807, 2.05) is 6.07 Å². The SMILES string of the molecule is COC(=O)c1ccccc1.OCCCCCCCCF. The van der Waals surface area contributed by atoms with E-state index in [9.17, 15) is 9.18 Å². The highest BCUT2D eigenvalue weighted by Crippen LogP contribution is 2.04. The molecule has 0 aliphatic heterocycles. The summed E-state index contributed by atoms with van der Waals surface area (Å²) >= 11 is 0. The van der Waals surface area contributed by atoms with Crippen molar-refractivity contribution in [1.29, 1.82) is 0 Å². The molecule has 1 rings (SSSR count). The first-order valence-corrected chi connectivity index (χ1v) is 7.06. The summed E-state index contributed by atoms with van der Waals surface area (Å²) in [6.45, 7) is 0.114. The lowest BCUT2D eigenvalue weighted by atomic mass is 10.1. The number of hydrogen-bond acceptors (Lipinski definition) is 3. The van der Waals surface area contributed by atoms with Gasteiger partial charge in [-0.25, -0.2) is 4.79 Å². The van der Waals surface area contributed by atoms with Crippen LogP contribution in [0.3, 0.4) is 0 Å². The number of aliphatic hydroxyl groups is 1. The molecule has 20 heavy (non-hydrogen) atoms. The number of carbonyl (C=O) groups excluding carboxylic acids is 1. The standard InChI is InChI=1S/C8H17FO.C8H8O2/c9-7-5-3-1-2-4-6-8-10;1-10-8(9)7-5-3-2-4-6-7/h10H,1-8H2;2-6H,1H3. The van der Waals surface area contributed by atoms with E-state index in [1.54, 1.807) is 24.3 Å². The number of aliphatic hydroxyl groups excluding tert-OH is 1. The molecule has 0 aromatic heterocycles. The molecular formula is C16H25FO3. The third-order valence-corrected chi connectivity index (χ3v) is 2.74. The van der Waals surface area contributed by atoms with Gasteiger partial charge in [0.2, 0.25) is 0 Å². The van der Waals surface area contributed by atoms with Crippen LogP contribution in [0.4, 0.5) is 4.39 Å². The van der Waals surface area contributed by atoms with Gasteiger partial charge in [-0.1, -0.05) is 43.9 Å². The topological polar surface area (TPSA) is 46.5 Å². The Kier molecular flexibility index (Phi) is 13.0. The van der Waals surface area contributed by atoms with Crippen molar-refractivity contribution in [3.05, 3.63) is 35.9 Å². The Bertz CT molecular complexity index is 320. The summed E-state index contributed by atoms with van der Waals surface area (Å²) in [6.07, 6.45) is 5.95. The van der Waals surface area contributed by atoms with Crippen molar-refractivity contribution in [1.82, 2.24) is 0 Å². The number of ether oxygens (including phenoxy) is 1. The minimum Gasteiger partial charge on any atom is -0.465 e. The smallest absolute Gasteiger partial charge is 0.337 e. The Morgan fingerprint density at radius 1 is 1.05 bits per heavy atom. The fourth-order valence-electron chi connectivity index (χ4n) is 1.61. The maximum atomic E-state index is 11.5. The van der Waals surface area contributed by atoms with Gasteiger partial charge >= 0.3 is 5.97 Å². The number of methoxy groups -OCH3 is 1. The van der Waals surface area contributed by atoms with Gasteiger partial charge < -0.3 is 9.84 Å². The lowest BCUT2D eigenvalue weighted by molar-refractivity contribution is 0.0600. The summed E-state index contributed by atoms with van der Waals surface area (Å²) in [6, 6.07) is 8.88. The summed E-state index contributed by atoms with van der Waals surface area (Å²) in [7, 11) is 1.37. The fraction of sp³-hybridized carbons (Fsp3) is 0.562. The number of esters is 1. The Morgan fingerprint density at radius 3 is 2.10 bits per heavy atom. The third kappa shape index (κ3) is 10.5. The van der Waals surface area contributed by atoms with Gasteiger partial charge in [0.25, 0.3) is 0 Å². The van der Waals surface area contributed by atoms with E-state index in [0.717, 1.165) is 32.1 Å². The first-order chi connectivity index (χ1) is 9.76. The van der Waals surface area contributed by atoms with E-state index >= 15 is 0 Å². The second-order valence-electron chi connectivity index (χ2n) is 4.39. The van der Waals surface area contributed by atoms with Crippen molar-refractivity contribution in [2.24, 2.45) is 0 Å². The molecule has 3 nitrogen and oxygen atoms in total. The molecule has 0 saturated carbocycles. The van der Waals surface area contributed by atoms with E-state index < -0.39 is 0 Å². The van der Waals surface area contributed by atoms with Crippen LogP contribution in [0.15, 0.2) is 30.3 Å². The molecule has 0 atom stereocenters. The second-order valence-corrected chi connectivity index (χ2v) is 4.39. The number of alkyl halides is 1. The average Bonchev–Trinajstić information content (AvgIpc) is 2.51. The van der Waals surface area contributed by atoms with Gasteiger partial charge in [-0.3, -0.25) is 4.39 Å². The quantitative estimate of drug-likeness (QED) is 0.584. The molecule has 0 amide bonds. The molecule has 0 spiro atoms. The molecule has 1 aromatic carbocycles. The highest BCUT2D eigenvalue weighted by Gasteiger charge is 2.00. The van der Waals surface area contributed by atoms with Crippen molar-refractivity contribution in [2.75, 3.05) is 20.4 Å². The molecule has 1 aromatic rings. The van der Waals surface area contributed by atoms with Crippen LogP contribution in [-0.2, 0) is 4.74 Å². The van der Waals surface area contributed by atoms with E-state index in [4.69, 9.17) is 5.11 Å². The van der Waals surface area contributed by atoms with Crippen molar-refractivity contribution < 1.29 is 19.0 Å². The van der Waals surface area contributed by atoms with Crippen molar-refractivity contribution in [2.45, 2.75) is 38.5 Å². The summed E-state index contributed by atoms with van der Waals surface area (Å²) in [5, 5.41) is 8.41. The van der Waals surface area contributed by atoms with Crippen LogP contribution in [0, 0.1) is 0 Å². The largest absolute Gasteiger partial charge is 0.465 e. The third-order valence-electron chi connectivity index (χ3n) is 2.74. The number of unbranched alkanes of at least 4 members (excludes halogenated alkanes) is 5. The predicted molar refractivity (Wildman–Crippen MR) is 78.5 cm³/mol. The van der Waals surface area contributed by atoms with Gasteiger partial charge in [-0.15, -0.1) is 0 Å². The highest BCUT2D eigenvalue weighted by atomic mass is 19.1. The van der Waals surface area contributed by atoms with Gasteiger partial charge in [0.1, 0.15) is 0 Å². The van der Waals surface area contributed by atoms with Crippen LogP contribution in [0.25, 0.3) is 0 Å². The van der Waals surface area contributed by atoms with E-state index in [1.165, 1.54) is 7.11 Å². The zero-order valence-corrected chi connectivity index (χ0v) is 12.2. The monoisotopic (exact) mass is 284 g/mol. The predicted octanol–water partition coefficient (Wildman–Crippen LogP) is 3.76. The van der Waals surface area contributed by atoms with Crippen LogP contribution >= 0.6 is 0 Å². The molecule has 0 aliphatic carbocycles. The zero-order valence-electron chi connectivity index (χ0n) is 12.2. The van der Waals surface area contributed by atoms with Crippen LogP contribution in [0.5, 0.6) is 0 Å². The van der Waals surface area contributed by atoms with E-state index in [0.29, 0.717) is 18.6 Å². The van der Waals surface area contributed by atoms with Gasteiger partial charge in [0.05, 0.1) is 19.3 Å². The Labute approximate surface area is 120 Å². The Hall–Kier alpha value is -1.42. The molecule has 0 saturated heterocycles. The van der Waals surface area contributed by atoms with Crippen molar-refractivity contribution in [3.63, 3.8) is 0 Å². The normalized spacial score (nSPS) is 9.55. The molecule has 0 aliphatic rings. The van der Waals surface area contributed by atoms with Crippen LogP contribution < -0.4 is 0 Å². The van der Waals surface area contributed by atoms with E-state index in [-0.39, 0.29) is 12.6 Å². The number of halogens is 1. The van der Waals surface area contributed by atoms with Crippen LogP contribution in [0.1, 0.15) is 48.9 Å². The van der Waals surface area contributed by atoms with Crippen molar-refractivity contribution in [3.8, 4) is 0 Å². The zero-order chi connectivity index (χ0) is 15.1. The molecule has 0 bridgehead atoms. The van der Waals surface area contributed by atoms with Gasteiger partial charge in [0, 0.05) is 6.61 Å².